The maximum absolute atomic E-state index is 12.8. The van der Waals surface area contributed by atoms with Crippen LogP contribution in [-0.2, 0) is 0 Å². The van der Waals surface area contributed by atoms with E-state index < -0.39 is 0 Å². The van der Waals surface area contributed by atoms with Gasteiger partial charge >= 0.3 is 0 Å². The van der Waals surface area contributed by atoms with Crippen molar-refractivity contribution in [3.05, 3.63) is 40.5 Å². The van der Waals surface area contributed by atoms with Gasteiger partial charge in [0.1, 0.15) is 5.69 Å². The van der Waals surface area contributed by atoms with Gasteiger partial charge in [0.15, 0.2) is 0 Å². The highest BCUT2D eigenvalue weighted by Crippen LogP contribution is 2.25. The minimum Gasteiger partial charge on any atom is -0.335 e. The highest BCUT2D eigenvalue weighted by molar-refractivity contribution is 9.10. The Balaban J connectivity index is 1.39. The van der Waals surface area contributed by atoms with Crippen molar-refractivity contribution < 1.29 is 4.79 Å². The lowest BCUT2D eigenvalue weighted by Crippen LogP contribution is -2.51. The number of aromatic nitrogens is 2. The fourth-order valence-electron chi connectivity index (χ4n) is 3.93. The maximum atomic E-state index is 12.8. The molecule has 0 unspecified atom stereocenters. The molecule has 132 valence electrons. The number of piperazine rings is 1. The second kappa shape index (κ2) is 7.30. The van der Waals surface area contributed by atoms with Crippen molar-refractivity contribution in [3.8, 4) is 11.3 Å². The zero-order valence-electron chi connectivity index (χ0n) is 14.2. The molecule has 2 heterocycles. The lowest BCUT2D eigenvalue weighted by atomic mass is 10.1. The molecule has 6 heteroatoms. The number of carbonyl (C=O) groups is 1. The number of nitrogens with zero attached hydrogens (tertiary/aromatic N) is 3. The number of hydrogen-bond donors (Lipinski definition) is 1. The van der Waals surface area contributed by atoms with Gasteiger partial charge in [-0.25, -0.2) is 0 Å². The van der Waals surface area contributed by atoms with Crippen molar-refractivity contribution in [1.82, 2.24) is 20.0 Å². The number of halogens is 1. The Kier molecular flexibility index (Phi) is 4.90. The molecule has 0 atom stereocenters. The summed E-state index contributed by atoms with van der Waals surface area (Å²) in [6.07, 6.45) is 5.36. The molecule has 4 rings (SSSR count). The van der Waals surface area contributed by atoms with E-state index in [-0.39, 0.29) is 5.91 Å². The summed E-state index contributed by atoms with van der Waals surface area (Å²) in [4.78, 5) is 17.3. The van der Waals surface area contributed by atoms with Gasteiger partial charge in [0.05, 0.1) is 5.69 Å². The fraction of sp³-hybridized carbons (Fsp3) is 0.474. The number of nitrogens with one attached hydrogen (secondary N) is 1. The predicted octanol–water partition coefficient (Wildman–Crippen LogP) is 3.54. The Labute approximate surface area is 156 Å². The summed E-state index contributed by atoms with van der Waals surface area (Å²) in [5, 5.41) is 7.23. The van der Waals surface area contributed by atoms with E-state index in [4.69, 9.17) is 0 Å². The lowest BCUT2D eigenvalue weighted by molar-refractivity contribution is 0.0568. The van der Waals surface area contributed by atoms with Gasteiger partial charge in [-0.2, -0.15) is 5.10 Å². The van der Waals surface area contributed by atoms with Crippen LogP contribution >= 0.6 is 15.9 Å². The first-order valence-electron chi connectivity index (χ1n) is 9.05. The summed E-state index contributed by atoms with van der Waals surface area (Å²) in [6, 6.07) is 10.5. The van der Waals surface area contributed by atoms with Gasteiger partial charge in [0, 0.05) is 42.3 Å². The molecule has 1 saturated carbocycles. The highest BCUT2D eigenvalue weighted by atomic mass is 79.9. The van der Waals surface area contributed by atoms with E-state index in [2.05, 4.69) is 31.0 Å². The summed E-state index contributed by atoms with van der Waals surface area (Å²) in [7, 11) is 0. The third kappa shape index (κ3) is 3.65. The standard InChI is InChI=1S/C19H23BrN4O/c20-15-7-5-14(6-8-15)17-13-18(22-21-17)19(25)24-11-9-23(10-12-24)16-3-1-2-4-16/h5-8,13,16H,1-4,9-12H2,(H,21,22). The lowest BCUT2D eigenvalue weighted by Gasteiger charge is -2.37. The molecule has 2 aliphatic rings. The van der Waals surface area contributed by atoms with Crippen LogP contribution in [0.2, 0.25) is 0 Å². The molecule has 1 aliphatic heterocycles. The van der Waals surface area contributed by atoms with Crippen LogP contribution in [0.1, 0.15) is 36.2 Å². The second-order valence-electron chi connectivity index (χ2n) is 6.94. The van der Waals surface area contributed by atoms with Crippen molar-refractivity contribution >= 4 is 21.8 Å². The molecule has 0 bridgehead atoms. The highest BCUT2D eigenvalue weighted by Gasteiger charge is 2.28. The first kappa shape index (κ1) is 16.8. The topological polar surface area (TPSA) is 52.2 Å². The van der Waals surface area contributed by atoms with Gasteiger partial charge < -0.3 is 4.90 Å². The zero-order chi connectivity index (χ0) is 17.2. The summed E-state index contributed by atoms with van der Waals surface area (Å²) >= 11 is 3.43. The number of H-pyrrole nitrogens is 1. The van der Waals surface area contributed by atoms with Gasteiger partial charge in [-0.15, -0.1) is 0 Å². The summed E-state index contributed by atoms with van der Waals surface area (Å²) in [5.74, 6) is 0.0573. The summed E-state index contributed by atoms with van der Waals surface area (Å²) in [5.41, 5.74) is 2.39. The van der Waals surface area contributed by atoms with Gasteiger partial charge in [-0.3, -0.25) is 14.8 Å². The van der Waals surface area contributed by atoms with Crippen LogP contribution in [0.4, 0.5) is 0 Å². The SMILES string of the molecule is O=C(c1cc(-c2ccc(Br)cc2)n[nH]1)N1CCN(C2CCCC2)CC1. The molecule has 1 amide bonds. The molecule has 0 spiro atoms. The van der Waals surface area contributed by atoms with Crippen molar-refractivity contribution in [2.75, 3.05) is 26.2 Å². The Bertz CT molecular complexity index is 728. The van der Waals surface area contributed by atoms with E-state index in [1.807, 2.05) is 35.2 Å². The normalized spacial score (nSPS) is 19.5. The Morgan fingerprint density at radius 2 is 1.76 bits per heavy atom. The first-order valence-corrected chi connectivity index (χ1v) is 9.85. The number of rotatable bonds is 3. The minimum atomic E-state index is 0.0573. The largest absolute Gasteiger partial charge is 0.335 e. The number of hydrogen-bond acceptors (Lipinski definition) is 3. The molecule has 1 N–H and O–H groups in total. The molecule has 2 aromatic rings. The van der Waals surface area contributed by atoms with E-state index in [0.717, 1.165) is 48.0 Å². The molecule has 1 aromatic carbocycles. The van der Waals surface area contributed by atoms with Gasteiger partial charge in [0.2, 0.25) is 0 Å². The van der Waals surface area contributed by atoms with Crippen molar-refractivity contribution in [3.63, 3.8) is 0 Å². The molecular formula is C19H23BrN4O. The monoisotopic (exact) mass is 402 g/mol. The van der Waals surface area contributed by atoms with E-state index >= 15 is 0 Å². The molecule has 1 aliphatic carbocycles. The third-order valence-corrected chi connectivity index (χ3v) is 5.92. The van der Waals surface area contributed by atoms with Crippen molar-refractivity contribution in [1.29, 1.82) is 0 Å². The first-order chi connectivity index (χ1) is 12.2. The number of carbonyl (C=O) groups excluding carboxylic acids is 1. The van der Waals surface area contributed by atoms with Gasteiger partial charge in [0.25, 0.3) is 5.91 Å². The van der Waals surface area contributed by atoms with Crippen LogP contribution in [0, 0.1) is 0 Å². The van der Waals surface area contributed by atoms with Gasteiger partial charge in [-0.05, 0) is 31.0 Å². The van der Waals surface area contributed by atoms with Crippen LogP contribution in [0.5, 0.6) is 0 Å². The Morgan fingerprint density at radius 3 is 2.44 bits per heavy atom. The number of benzene rings is 1. The maximum Gasteiger partial charge on any atom is 0.271 e. The number of aromatic amines is 1. The second-order valence-corrected chi connectivity index (χ2v) is 7.86. The van der Waals surface area contributed by atoms with Crippen LogP contribution in [0.15, 0.2) is 34.8 Å². The molecule has 25 heavy (non-hydrogen) atoms. The van der Waals surface area contributed by atoms with Crippen LogP contribution in [0.3, 0.4) is 0 Å². The molecule has 5 nitrogen and oxygen atoms in total. The van der Waals surface area contributed by atoms with E-state index in [1.54, 1.807) is 0 Å². The third-order valence-electron chi connectivity index (χ3n) is 5.39. The predicted molar refractivity (Wildman–Crippen MR) is 101 cm³/mol. The molecule has 0 radical (unpaired) electrons. The van der Waals surface area contributed by atoms with Gasteiger partial charge in [-0.1, -0.05) is 40.9 Å². The quantitative estimate of drug-likeness (QED) is 0.853. The smallest absolute Gasteiger partial charge is 0.271 e. The van der Waals surface area contributed by atoms with E-state index in [0.29, 0.717) is 5.69 Å². The number of amides is 1. The summed E-state index contributed by atoms with van der Waals surface area (Å²) in [6.45, 7) is 3.60. The van der Waals surface area contributed by atoms with E-state index in [1.165, 1.54) is 25.7 Å². The fourth-order valence-corrected chi connectivity index (χ4v) is 4.19. The molecule has 1 saturated heterocycles. The van der Waals surface area contributed by atoms with E-state index in [9.17, 15) is 4.79 Å². The van der Waals surface area contributed by atoms with Crippen molar-refractivity contribution in [2.24, 2.45) is 0 Å². The average molecular weight is 403 g/mol. The van der Waals surface area contributed by atoms with Crippen LogP contribution in [0.25, 0.3) is 11.3 Å². The zero-order valence-corrected chi connectivity index (χ0v) is 15.8. The molecule has 1 aromatic heterocycles. The molecular weight excluding hydrogens is 380 g/mol. The minimum absolute atomic E-state index is 0.0573. The Hall–Kier alpha value is -1.66. The van der Waals surface area contributed by atoms with Crippen LogP contribution in [-0.4, -0.2) is 58.1 Å². The van der Waals surface area contributed by atoms with Crippen LogP contribution < -0.4 is 0 Å². The Morgan fingerprint density at radius 1 is 1.08 bits per heavy atom. The molecule has 2 fully saturated rings. The van der Waals surface area contributed by atoms with Crippen molar-refractivity contribution in [2.45, 2.75) is 31.7 Å². The average Bonchev–Trinajstić information content (AvgIpc) is 3.34. The summed E-state index contributed by atoms with van der Waals surface area (Å²) < 4.78 is 1.03.